The lowest BCUT2D eigenvalue weighted by atomic mass is 9.93. The summed E-state index contributed by atoms with van der Waals surface area (Å²) in [5.41, 5.74) is 0.672. The third-order valence-electron chi connectivity index (χ3n) is 4.27. The zero-order chi connectivity index (χ0) is 12.2. The zero-order valence-corrected chi connectivity index (χ0v) is 10.5. The van der Waals surface area contributed by atoms with Crippen LogP contribution in [0, 0.1) is 36.3 Å². The number of hydrogen-bond donors (Lipinski definition) is 0. The SMILES string of the molecule is Cc1cc(F)c(C(Cl)C2CC3CC3C2)cc1F. The Labute approximate surface area is 105 Å². The molecule has 92 valence electrons. The van der Waals surface area contributed by atoms with E-state index in [1.165, 1.54) is 18.6 Å². The molecule has 3 heteroatoms. The summed E-state index contributed by atoms with van der Waals surface area (Å²) >= 11 is 6.32. The molecule has 2 fully saturated rings. The van der Waals surface area contributed by atoms with E-state index in [4.69, 9.17) is 11.6 Å². The second-order valence-electron chi connectivity index (χ2n) is 5.51. The molecule has 1 aromatic carbocycles. The normalized spacial score (nSPS) is 32.4. The number of rotatable bonds is 2. The number of aryl methyl sites for hydroxylation is 1. The minimum Gasteiger partial charge on any atom is -0.207 e. The Kier molecular flexibility index (Phi) is 2.66. The fourth-order valence-electron chi connectivity index (χ4n) is 3.13. The van der Waals surface area contributed by atoms with Crippen molar-refractivity contribution in [2.75, 3.05) is 0 Å². The van der Waals surface area contributed by atoms with E-state index >= 15 is 0 Å². The van der Waals surface area contributed by atoms with Gasteiger partial charge in [0.2, 0.25) is 0 Å². The molecular weight excluding hydrogens is 242 g/mol. The van der Waals surface area contributed by atoms with E-state index < -0.39 is 0 Å². The summed E-state index contributed by atoms with van der Waals surface area (Å²) in [5.74, 6) is 1.19. The monoisotopic (exact) mass is 256 g/mol. The van der Waals surface area contributed by atoms with Crippen LogP contribution in [0.15, 0.2) is 12.1 Å². The summed E-state index contributed by atoms with van der Waals surface area (Å²) in [5, 5.41) is -0.377. The zero-order valence-electron chi connectivity index (χ0n) is 9.72. The Bertz CT molecular complexity index is 448. The lowest BCUT2D eigenvalue weighted by molar-refractivity contribution is 0.456. The van der Waals surface area contributed by atoms with E-state index in [2.05, 4.69) is 0 Å². The van der Waals surface area contributed by atoms with Gasteiger partial charge in [0, 0.05) is 5.56 Å². The van der Waals surface area contributed by atoms with Crippen LogP contribution in [0.4, 0.5) is 8.78 Å². The highest BCUT2D eigenvalue weighted by molar-refractivity contribution is 6.21. The number of halogens is 3. The van der Waals surface area contributed by atoms with Gasteiger partial charge in [-0.05, 0) is 61.6 Å². The molecule has 0 N–H and O–H groups in total. The average molecular weight is 257 g/mol. The maximum Gasteiger partial charge on any atom is 0.128 e. The molecule has 0 saturated heterocycles. The Hall–Kier alpha value is -0.630. The first kappa shape index (κ1) is 11.5. The Morgan fingerprint density at radius 3 is 2.41 bits per heavy atom. The molecule has 1 aromatic rings. The highest BCUT2D eigenvalue weighted by Crippen LogP contribution is 2.58. The molecule has 0 aromatic heterocycles. The van der Waals surface area contributed by atoms with Crippen LogP contribution < -0.4 is 0 Å². The van der Waals surface area contributed by atoms with E-state index in [0.29, 0.717) is 17.0 Å². The number of hydrogen-bond acceptors (Lipinski definition) is 0. The molecule has 2 saturated carbocycles. The van der Waals surface area contributed by atoms with Crippen molar-refractivity contribution < 1.29 is 8.78 Å². The van der Waals surface area contributed by atoms with Crippen LogP contribution in [0.5, 0.6) is 0 Å². The maximum atomic E-state index is 13.8. The van der Waals surface area contributed by atoms with Gasteiger partial charge in [0.25, 0.3) is 0 Å². The molecule has 0 spiro atoms. The molecule has 0 bridgehead atoms. The molecule has 0 heterocycles. The fourth-order valence-corrected chi connectivity index (χ4v) is 3.50. The number of benzene rings is 1. The van der Waals surface area contributed by atoms with Crippen molar-refractivity contribution in [3.05, 3.63) is 34.9 Å². The Morgan fingerprint density at radius 2 is 1.76 bits per heavy atom. The van der Waals surface area contributed by atoms with Crippen molar-refractivity contribution in [2.24, 2.45) is 17.8 Å². The smallest absolute Gasteiger partial charge is 0.128 e. The van der Waals surface area contributed by atoms with Gasteiger partial charge in [0.15, 0.2) is 0 Å². The van der Waals surface area contributed by atoms with Crippen molar-refractivity contribution in [1.29, 1.82) is 0 Å². The molecule has 3 unspecified atom stereocenters. The summed E-state index contributed by atoms with van der Waals surface area (Å²) in [7, 11) is 0. The van der Waals surface area contributed by atoms with E-state index in [1.54, 1.807) is 6.92 Å². The summed E-state index contributed by atoms with van der Waals surface area (Å²) in [6.07, 6.45) is 3.46. The fraction of sp³-hybridized carbons (Fsp3) is 0.571. The lowest BCUT2D eigenvalue weighted by Crippen LogP contribution is -2.08. The van der Waals surface area contributed by atoms with Gasteiger partial charge in [-0.3, -0.25) is 0 Å². The predicted molar refractivity (Wildman–Crippen MR) is 64.0 cm³/mol. The molecule has 3 atom stereocenters. The van der Waals surface area contributed by atoms with Gasteiger partial charge in [0.1, 0.15) is 11.6 Å². The summed E-state index contributed by atoms with van der Waals surface area (Å²) in [4.78, 5) is 0. The molecule has 3 rings (SSSR count). The van der Waals surface area contributed by atoms with Crippen molar-refractivity contribution in [3.63, 3.8) is 0 Å². The lowest BCUT2D eigenvalue weighted by Gasteiger charge is -2.20. The van der Waals surface area contributed by atoms with Gasteiger partial charge in [0.05, 0.1) is 5.38 Å². The van der Waals surface area contributed by atoms with E-state index in [9.17, 15) is 8.78 Å². The van der Waals surface area contributed by atoms with Crippen LogP contribution in [-0.2, 0) is 0 Å². The molecule has 17 heavy (non-hydrogen) atoms. The van der Waals surface area contributed by atoms with Crippen LogP contribution in [0.1, 0.15) is 35.8 Å². The largest absolute Gasteiger partial charge is 0.207 e. The van der Waals surface area contributed by atoms with Crippen molar-refractivity contribution in [3.8, 4) is 0 Å². The Balaban J connectivity index is 1.85. The van der Waals surface area contributed by atoms with E-state index in [0.717, 1.165) is 24.7 Å². The molecule has 0 amide bonds. The number of fused-ring (bicyclic) bond motifs is 1. The first-order valence-corrected chi connectivity index (χ1v) is 6.59. The molecule has 0 nitrogen and oxygen atoms in total. The van der Waals surface area contributed by atoms with Crippen molar-refractivity contribution >= 4 is 11.6 Å². The molecule has 2 aliphatic rings. The Morgan fingerprint density at radius 1 is 1.12 bits per heavy atom. The molecule has 0 aliphatic heterocycles. The second kappa shape index (κ2) is 3.94. The minimum atomic E-state index is -0.377. The predicted octanol–water partition coefficient (Wildman–Crippen LogP) is 4.60. The summed E-state index contributed by atoms with van der Waals surface area (Å²) in [6, 6.07) is 2.52. The van der Waals surface area contributed by atoms with Crippen LogP contribution in [0.2, 0.25) is 0 Å². The van der Waals surface area contributed by atoms with Crippen LogP contribution in [0.3, 0.4) is 0 Å². The maximum absolute atomic E-state index is 13.8. The molecule has 2 aliphatic carbocycles. The highest BCUT2D eigenvalue weighted by Gasteiger charge is 2.48. The van der Waals surface area contributed by atoms with Gasteiger partial charge in [-0.25, -0.2) is 8.78 Å². The highest BCUT2D eigenvalue weighted by atomic mass is 35.5. The van der Waals surface area contributed by atoms with Crippen molar-refractivity contribution in [2.45, 2.75) is 31.6 Å². The van der Waals surface area contributed by atoms with Gasteiger partial charge in [-0.15, -0.1) is 11.6 Å². The topological polar surface area (TPSA) is 0 Å². The summed E-state index contributed by atoms with van der Waals surface area (Å²) in [6.45, 7) is 1.57. The average Bonchev–Trinajstić information content (AvgIpc) is 2.90. The van der Waals surface area contributed by atoms with Crippen LogP contribution in [0.25, 0.3) is 0 Å². The van der Waals surface area contributed by atoms with Gasteiger partial charge >= 0.3 is 0 Å². The molecular formula is C14H15ClF2. The standard InChI is InChI=1S/C14H15ClF2/c1-7-2-13(17)11(6-12(7)16)14(15)10-4-8-3-9(8)5-10/h2,6,8-10,14H,3-5H2,1H3. The second-order valence-corrected chi connectivity index (χ2v) is 5.98. The third kappa shape index (κ3) is 1.97. The van der Waals surface area contributed by atoms with Gasteiger partial charge in [-0.2, -0.15) is 0 Å². The molecule has 0 radical (unpaired) electrons. The first-order chi connectivity index (χ1) is 8.06. The number of alkyl halides is 1. The van der Waals surface area contributed by atoms with Crippen LogP contribution >= 0.6 is 11.6 Å². The third-order valence-corrected chi connectivity index (χ3v) is 4.86. The van der Waals surface area contributed by atoms with E-state index in [-0.39, 0.29) is 17.0 Å². The quantitative estimate of drug-likeness (QED) is 0.679. The first-order valence-electron chi connectivity index (χ1n) is 6.16. The van der Waals surface area contributed by atoms with Crippen molar-refractivity contribution in [1.82, 2.24) is 0 Å². The van der Waals surface area contributed by atoms with Gasteiger partial charge < -0.3 is 0 Å². The van der Waals surface area contributed by atoms with E-state index in [1.807, 2.05) is 0 Å². The van der Waals surface area contributed by atoms with Crippen LogP contribution in [-0.4, -0.2) is 0 Å². The minimum absolute atomic E-state index is 0.317. The summed E-state index contributed by atoms with van der Waals surface area (Å²) < 4.78 is 27.3. The van der Waals surface area contributed by atoms with Gasteiger partial charge in [-0.1, -0.05) is 0 Å².